The number of nitrogens with zero attached hydrogens (tertiary/aromatic N) is 1. The molecule has 0 saturated heterocycles. The molecule has 1 atom stereocenters. The molecule has 0 saturated carbocycles. The van der Waals surface area contributed by atoms with E-state index in [0.29, 0.717) is 6.54 Å². The molecule has 0 aliphatic rings. The van der Waals surface area contributed by atoms with Gasteiger partial charge in [0.25, 0.3) is 0 Å². The quantitative estimate of drug-likeness (QED) is 0.750. The van der Waals surface area contributed by atoms with E-state index in [2.05, 4.69) is 68.8 Å². The molecule has 3 aromatic rings. The molecular formula is C22H28N2O. The summed E-state index contributed by atoms with van der Waals surface area (Å²) < 4.78 is 7.94. The molecule has 3 rings (SSSR count). The number of para-hydroxylation sites is 1. The van der Waals surface area contributed by atoms with Gasteiger partial charge in [-0.2, -0.15) is 0 Å². The number of fused-ring (bicyclic) bond motifs is 1. The molecule has 0 amide bonds. The van der Waals surface area contributed by atoms with Gasteiger partial charge >= 0.3 is 0 Å². The summed E-state index contributed by atoms with van der Waals surface area (Å²) in [5.74, 6) is 1.18. The Hall–Kier alpha value is -2.26. The maximum absolute atomic E-state index is 6.20. The van der Waals surface area contributed by atoms with Gasteiger partial charge in [-0.25, -0.2) is 0 Å². The molecule has 1 heterocycles. The van der Waals surface area contributed by atoms with Crippen LogP contribution in [0.4, 0.5) is 0 Å². The Morgan fingerprint density at radius 2 is 1.76 bits per heavy atom. The van der Waals surface area contributed by atoms with E-state index in [-0.39, 0.29) is 5.92 Å². The summed E-state index contributed by atoms with van der Waals surface area (Å²) in [5, 5.41) is 1.32. The van der Waals surface area contributed by atoms with Crippen LogP contribution in [0.25, 0.3) is 10.9 Å². The van der Waals surface area contributed by atoms with Crippen LogP contribution in [0.2, 0.25) is 0 Å². The number of nitrogens with two attached hydrogens (primary N) is 1. The van der Waals surface area contributed by atoms with Crippen LogP contribution in [-0.2, 0) is 13.5 Å². The molecule has 2 N–H and O–H groups in total. The topological polar surface area (TPSA) is 40.2 Å². The number of aromatic nitrogens is 1. The van der Waals surface area contributed by atoms with Crippen LogP contribution in [-0.4, -0.2) is 18.2 Å². The van der Waals surface area contributed by atoms with Crippen molar-refractivity contribution in [3.8, 4) is 5.75 Å². The summed E-state index contributed by atoms with van der Waals surface area (Å²) >= 11 is 0. The molecule has 1 aromatic heterocycles. The summed E-state index contributed by atoms with van der Waals surface area (Å²) in [6, 6.07) is 13.0. The van der Waals surface area contributed by atoms with Crippen molar-refractivity contribution in [2.24, 2.45) is 12.8 Å². The minimum absolute atomic E-state index is 0.235. The summed E-state index contributed by atoms with van der Waals surface area (Å²) in [4.78, 5) is 0. The highest BCUT2D eigenvalue weighted by molar-refractivity contribution is 5.85. The molecule has 1 unspecified atom stereocenters. The lowest BCUT2D eigenvalue weighted by Crippen LogP contribution is -2.17. The predicted molar refractivity (Wildman–Crippen MR) is 106 cm³/mol. The van der Waals surface area contributed by atoms with Crippen LogP contribution in [0.3, 0.4) is 0 Å². The van der Waals surface area contributed by atoms with Crippen molar-refractivity contribution < 1.29 is 4.74 Å². The Balaban J connectivity index is 2.08. The molecule has 0 aliphatic carbocycles. The zero-order valence-corrected chi connectivity index (χ0v) is 15.9. The van der Waals surface area contributed by atoms with Gasteiger partial charge in [0.15, 0.2) is 0 Å². The van der Waals surface area contributed by atoms with Gasteiger partial charge in [0.1, 0.15) is 5.75 Å². The average Bonchev–Trinajstić information content (AvgIpc) is 2.86. The molecule has 0 bridgehead atoms. The molecule has 0 fully saturated rings. The molecule has 25 heavy (non-hydrogen) atoms. The van der Waals surface area contributed by atoms with E-state index in [0.717, 1.165) is 12.2 Å². The number of aryl methyl sites for hydroxylation is 3. The second-order valence-corrected chi connectivity index (χ2v) is 6.96. The van der Waals surface area contributed by atoms with Gasteiger partial charge in [-0.3, -0.25) is 0 Å². The first-order valence-corrected chi connectivity index (χ1v) is 8.86. The van der Waals surface area contributed by atoms with Gasteiger partial charge in [-0.15, -0.1) is 0 Å². The number of hydrogen-bond donors (Lipinski definition) is 1. The van der Waals surface area contributed by atoms with E-state index in [1.54, 1.807) is 7.11 Å². The number of rotatable bonds is 5. The van der Waals surface area contributed by atoms with Gasteiger partial charge < -0.3 is 15.0 Å². The maximum atomic E-state index is 6.20. The second-order valence-electron chi connectivity index (χ2n) is 6.96. The standard InChI is InChI=1S/C22H28N2O/c1-14-10-20(22(25-5)11-15(14)2)17(13-23)12-19-16(3)24(4)21-9-7-6-8-18(19)21/h6-11,17H,12-13,23H2,1-5H3. The molecule has 132 valence electrons. The third-order valence-corrected chi connectivity index (χ3v) is 5.55. The Bertz CT molecular complexity index is 908. The van der Waals surface area contributed by atoms with Crippen LogP contribution >= 0.6 is 0 Å². The summed E-state index contributed by atoms with van der Waals surface area (Å²) in [6.45, 7) is 7.06. The van der Waals surface area contributed by atoms with Crippen LogP contribution in [0.1, 0.15) is 33.9 Å². The molecule has 3 nitrogen and oxygen atoms in total. The smallest absolute Gasteiger partial charge is 0.122 e. The van der Waals surface area contributed by atoms with Gasteiger partial charge in [-0.1, -0.05) is 24.3 Å². The normalized spacial score (nSPS) is 12.6. The first kappa shape index (κ1) is 17.6. The van der Waals surface area contributed by atoms with Gasteiger partial charge in [0.2, 0.25) is 0 Å². The zero-order valence-electron chi connectivity index (χ0n) is 15.9. The number of ether oxygens (including phenoxy) is 1. The average molecular weight is 336 g/mol. The van der Waals surface area contributed by atoms with E-state index in [1.807, 2.05) is 0 Å². The van der Waals surface area contributed by atoms with Crippen molar-refractivity contribution in [3.05, 3.63) is 64.3 Å². The van der Waals surface area contributed by atoms with E-state index >= 15 is 0 Å². The van der Waals surface area contributed by atoms with E-state index in [4.69, 9.17) is 10.5 Å². The number of hydrogen-bond acceptors (Lipinski definition) is 2. The SMILES string of the molecule is COc1cc(C)c(C)cc1C(CN)Cc1c(C)n(C)c2ccccc12. The Morgan fingerprint density at radius 3 is 2.44 bits per heavy atom. The van der Waals surface area contributed by atoms with Gasteiger partial charge in [0, 0.05) is 29.6 Å². The fraction of sp³-hybridized carbons (Fsp3) is 0.364. The monoisotopic (exact) mass is 336 g/mol. The Kier molecular flexibility index (Phi) is 4.87. The first-order valence-electron chi connectivity index (χ1n) is 8.86. The van der Waals surface area contributed by atoms with Crippen LogP contribution in [0, 0.1) is 20.8 Å². The van der Waals surface area contributed by atoms with Gasteiger partial charge in [-0.05, 0) is 68.1 Å². The molecule has 0 spiro atoms. The van der Waals surface area contributed by atoms with Crippen molar-refractivity contribution in [1.29, 1.82) is 0 Å². The lowest BCUT2D eigenvalue weighted by molar-refractivity contribution is 0.404. The van der Waals surface area contributed by atoms with E-state index < -0.39 is 0 Å². The predicted octanol–water partition coefficient (Wildman–Crippen LogP) is 4.40. The highest BCUT2D eigenvalue weighted by atomic mass is 16.5. The zero-order chi connectivity index (χ0) is 18.1. The van der Waals surface area contributed by atoms with Crippen LogP contribution in [0.5, 0.6) is 5.75 Å². The third kappa shape index (κ3) is 3.05. The number of methoxy groups -OCH3 is 1. The van der Waals surface area contributed by atoms with Crippen LogP contribution in [0.15, 0.2) is 36.4 Å². The highest BCUT2D eigenvalue weighted by Gasteiger charge is 2.20. The van der Waals surface area contributed by atoms with Gasteiger partial charge in [0.05, 0.1) is 7.11 Å². The highest BCUT2D eigenvalue weighted by Crippen LogP contribution is 2.34. The van der Waals surface area contributed by atoms with E-state index in [1.165, 1.54) is 38.9 Å². The largest absolute Gasteiger partial charge is 0.496 e. The Morgan fingerprint density at radius 1 is 1.08 bits per heavy atom. The minimum atomic E-state index is 0.235. The molecular weight excluding hydrogens is 308 g/mol. The first-order chi connectivity index (χ1) is 12.0. The molecule has 2 aromatic carbocycles. The summed E-state index contributed by atoms with van der Waals surface area (Å²) in [5.41, 5.74) is 13.9. The molecule has 0 radical (unpaired) electrons. The minimum Gasteiger partial charge on any atom is -0.496 e. The second kappa shape index (κ2) is 6.93. The number of benzene rings is 2. The molecule has 3 heteroatoms. The fourth-order valence-corrected chi connectivity index (χ4v) is 3.73. The Labute approximate surface area is 150 Å². The fourth-order valence-electron chi connectivity index (χ4n) is 3.73. The van der Waals surface area contributed by atoms with Crippen molar-refractivity contribution >= 4 is 10.9 Å². The summed E-state index contributed by atoms with van der Waals surface area (Å²) in [6.07, 6.45) is 0.919. The van der Waals surface area contributed by atoms with E-state index in [9.17, 15) is 0 Å². The summed E-state index contributed by atoms with van der Waals surface area (Å²) in [7, 11) is 3.87. The lowest BCUT2D eigenvalue weighted by atomic mass is 9.88. The van der Waals surface area contributed by atoms with Crippen molar-refractivity contribution in [2.45, 2.75) is 33.1 Å². The lowest BCUT2D eigenvalue weighted by Gasteiger charge is -2.20. The van der Waals surface area contributed by atoms with Crippen molar-refractivity contribution in [1.82, 2.24) is 4.57 Å². The maximum Gasteiger partial charge on any atom is 0.122 e. The van der Waals surface area contributed by atoms with Crippen molar-refractivity contribution in [3.63, 3.8) is 0 Å². The van der Waals surface area contributed by atoms with Crippen molar-refractivity contribution in [2.75, 3.05) is 13.7 Å². The third-order valence-electron chi connectivity index (χ3n) is 5.55. The molecule has 0 aliphatic heterocycles. The van der Waals surface area contributed by atoms with Crippen LogP contribution < -0.4 is 10.5 Å².